The van der Waals surface area contributed by atoms with Gasteiger partial charge in [-0.3, -0.25) is 9.53 Å². The zero-order valence-electron chi connectivity index (χ0n) is 13.3. The van der Waals surface area contributed by atoms with Gasteiger partial charge in [0.2, 0.25) is 11.4 Å². The number of halogens is 3. The van der Waals surface area contributed by atoms with Gasteiger partial charge in [0, 0.05) is 36.3 Å². The second-order valence-corrected chi connectivity index (χ2v) is 6.46. The quantitative estimate of drug-likeness (QED) is 0.622. The van der Waals surface area contributed by atoms with E-state index in [9.17, 15) is 18.4 Å². The van der Waals surface area contributed by atoms with E-state index in [4.69, 9.17) is 4.74 Å². The van der Waals surface area contributed by atoms with Gasteiger partial charge in [-0.25, -0.2) is 13.2 Å². The van der Waals surface area contributed by atoms with Gasteiger partial charge in [-0.05, 0) is 29.9 Å². The molecule has 25 heavy (non-hydrogen) atoms. The van der Waals surface area contributed by atoms with Crippen molar-refractivity contribution >= 4 is 0 Å². The molecule has 0 spiro atoms. The third kappa shape index (κ3) is 2.98. The van der Waals surface area contributed by atoms with Crippen molar-refractivity contribution in [3.63, 3.8) is 0 Å². The monoisotopic (exact) mass is 355 g/mol. The number of hydrogen-bond donors (Lipinski definition) is 0. The molecular formula is C16H16F3N3O3. The molecule has 2 fully saturated rings. The molecule has 0 bridgehead atoms. The van der Waals surface area contributed by atoms with Gasteiger partial charge in [-0.2, -0.15) is 0 Å². The molecule has 0 aliphatic carbocycles. The van der Waals surface area contributed by atoms with Crippen LogP contribution in [0.5, 0.6) is 0 Å². The summed E-state index contributed by atoms with van der Waals surface area (Å²) in [6, 6.07) is 1.53. The number of piperidine rings is 1. The summed E-state index contributed by atoms with van der Waals surface area (Å²) in [6.07, 6.45) is 2.15. The molecule has 2 aromatic rings. The molecule has 2 aliphatic heterocycles. The summed E-state index contributed by atoms with van der Waals surface area (Å²) in [6.45, 7) is 2.62. The van der Waals surface area contributed by atoms with Crippen LogP contribution in [0.15, 0.2) is 16.8 Å². The minimum atomic E-state index is -1.58. The van der Waals surface area contributed by atoms with Crippen LogP contribution in [0.1, 0.15) is 18.5 Å². The molecule has 9 heteroatoms. The molecule has 134 valence electrons. The number of rotatable bonds is 3. The number of likely N-dealkylation sites (tertiary alicyclic amines) is 1. The van der Waals surface area contributed by atoms with Crippen molar-refractivity contribution in [2.45, 2.75) is 25.5 Å². The largest absolute Gasteiger partial charge is 0.378 e. The first-order valence-electron chi connectivity index (χ1n) is 8.10. The van der Waals surface area contributed by atoms with Crippen molar-refractivity contribution < 1.29 is 27.4 Å². The minimum absolute atomic E-state index is 0.0902. The van der Waals surface area contributed by atoms with E-state index in [0.29, 0.717) is 12.5 Å². The predicted molar refractivity (Wildman–Crippen MR) is 78.5 cm³/mol. The highest BCUT2D eigenvalue weighted by molar-refractivity contribution is 5.58. The molecule has 6 nitrogen and oxygen atoms in total. The summed E-state index contributed by atoms with van der Waals surface area (Å²) in [5, 5.41) is 15.6. The average Bonchev–Trinajstić information content (AvgIpc) is 3.18. The van der Waals surface area contributed by atoms with Crippen LogP contribution in [0.2, 0.25) is 0 Å². The first-order chi connectivity index (χ1) is 12.0. The number of hydrogen-bond acceptors (Lipinski definition) is 5. The van der Waals surface area contributed by atoms with Crippen molar-refractivity contribution in [1.82, 2.24) is 10.1 Å². The molecule has 0 unspecified atom stereocenters. The molecular weight excluding hydrogens is 339 g/mol. The molecule has 1 aromatic carbocycles. The van der Waals surface area contributed by atoms with E-state index < -0.39 is 17.5 Å². The first-order valence-corrected chi connectivity index (χ1v) is 8.10. The van der Waals surface area contributed by atoms with Gasteiger partial charge in [-0.15, -0.1) is 0 Å². The van der Waals surface area contributed by atoms with Gasteiger partial charge in [0.15, 0.2) is 17.5 Å². The molecule has 0 saturated carbocycles. The number of nitrogens with zero attached hydrogens (tertiary/aromatic N) is 3. The lowest BCUT2D eigenvalue weighted by molar-refractivity contribution is -0.793. The van der Waals surface area contributed by atoms with Crippen LogP contribution in [0.4, 0.5) is 13.2 Å². The third-order valence-corrected chi connectivity index (χ3v) is 4.88. The van der Waals surface area contributed by atoms with Crippen molar-refractivity contribution in [3.05, 3.63) is 40.5 Å². The minimum Gasteiger partial charge on any atom is -0.378 e. The van der Waals surface area contributed by atoms with E-state index >= 15 is 0 Å². The molecule has 2 saturated heterocycles. The first kappa shape index (κ1) is 16.3. The topological polar surface area (TPSA) is 65.4 Å². The predicted octanol–water partition coefficient (Wildman–Crippen LogP) is 2.00. The lowest BCUT2D eigenvalue weighted by Crippen LogP contribution is -2.41. The Balaban J connectivity index is 1.60. The van der Waals surface area contributed by atoms with E-state index in [-0.39, 0.29) is 28.0 Å². The van der Waals surface area contributed by atoms with Crippen LogP contribution in [0, 0.1) is 28.6 Å². The fraction of sp³-hybridized carbons (Fsp3) is 0.500. The van der Waals surface area contributed by atoms with Gasteiger partial charge in [0.1, 0.15) is 0 Å². The molecule has 0 N–H and O–H groups in total. The lowest BCUT2D eigenvalue weighted by Gasteiger charge is -2.33. The number of fused-ring (bicyclic) bond motifs is 1. The molecule has 4 rings (SSSR count). The van der Waals surface area contributed by atoms with Gasteiger partial charge < -0.3 is 9.94 Å². The standard InChI is InChI=1S/C16H16F3N3O3/c17-11-5-10(6-12(18)15(11)19)16-13(20-25-22(16)23)8-21-3-1-14-9(7-21)2-4-24-14/h5-6,9,14H,1-4,7-8H2/t9-,14+/m1/s1. The van der Waals surface area contributed by atoms with Gasteiger partial charge in [-0.1, -0.05) is 0 Å². The summed E-state index contributed by atoms with van der Waals surface area (Å²) < 4.78 is 50.4. The maximum atomic E-state index is 13.5. The van der Waals surface area contributed by atoms with Crippen molar-refractivity contribution in [2.24, 2.45) is 5.92 Å². The number of benzene rings is 1. The summed E-state index contributed by atoms with van der Waals surface area (Å²) in [5.41, 5.74) is 0.0436. The Kier molecular flexibility index (Phi) is 4.12. The molecule has 2 aliphatic rings. The highest BCUT2D eigenvalue weighted by Crippen LogP contribution is 2.30. The smallest absolute Gasteiger partial charge is 0.240 e. The second-order valence-electron chi connectivity index (χ2n) is 6.46. The van der Waals surface area contributed by atoms with Gasteiger partial charge >= 0.3 is 0 Å². The van der Waals surface area contributed by atoms with E-state index in [2.05, 4.69) is 14.7 Å². The van der Waals surface area contributed by atoms with E-state index in [1.807, 2.05) is 0 Å². The molecule has 2 atom stereocenters. The Morgan fingerprint density at radius 1 is 1.24 bits per heavy atom. The second kappa shape index (κ2) is 6.30. The lowest BCUT2D eigenvalue weighted by atomic mass is 9.94. The van der Waals surface area contributed by atoms with Crippen LogP contribution in [0.25, 0.3) is 11.3 Å². The summed E-state index contributed by atoms with van der Waals surface area (Å²) >= 11 is 0. The maximum Gasteiger partial charge on any atom is 0.240 e. The van der Waals surface area contributed by atoms with Crippen LogP contribution in [0.3, 0.4) is 0 Å². The normalized spacial score (nSPS) is 23.8. The molecule has 1 aromatic heterocycles. The Bertz CT molecular complexity index is 775. The van der Waals surface area contributed by atoms with Crippen LogP contribution < -0.4 is 4.90 Å². The number of ether oxygens (including phenoxy) is 1. The highest BCUT2D eigenvalue weighted by atomic mass is 19.2. The van der Waals surface area contributed by atoms with E-state index in [1.165, 1.54) is 0 Å². The van der Waals surface area contributed by atoms with Crippen molar-refractivity contribution in [1.29, 1.82) is 0 Å². The number of aromatic nitrogens is 2. The van der Waals surface area contributed by atoms with Crippen LogP contribution in [-0.2, 0) is 11.3 Å². The Morgan fingerprint density at radius 2 is 2.00 bits per heavy atom. The molecule has 0 amide bonds. The fourth-order valence-electron chi connectivity index (χ4n) is 3.65. The highest BCUT2D eigenvalue weighted by Gasteiger charge is 2.35. The summed E-state index contributed by atoms with van der Waals surface area (Å²) in [4.78, 5) is 2.19. The van der Waals surface area contributed by atoms with Gasteiger partial charge in [0.05, 0.1) is 12.6 Å². The van der Waals surface area contributed by atoms with Crippen molar-refractivity contribution in [2.75, 3.05) is 19.7 Å². The van der Waals surface area contributed by atoms with Gasteiger partial charge in [0.25, 0.3) is 0 Å². The Labute approximate surface area is 141 Å². The van der Waals surface area contributed by atoms with Crippen molar-refractivity contribution in [3.8, 4) is 11.3 Å². The Morgan fingerprint density at radius 3 is 2.76 bits per heavy atom. The summed E-state index contributed by atoms with van der Waals surface area (Å²) in [5.74, 6) is -3.89. The molecule has 3 heterocycles. The van der Waals surface area contributed by atoms with Crippen LogP contribution >= 0.6 is 0 Å². The third-order valence-electron chi connectivity index (χ3n) is 4.88. The van der Waals surface area contributed by atoms with E-state index in [1.54, 1.807) is 0 Å². The maximum absolute atomic E-state index is 13.5. The average molecular weight is 355 g/mol. The Hall–Kier alpha value is -2.13. The summed E-state index contributed by atoms with van der Waals surface area (Å²) in [7, 11) is 0. The SMILES string of the molecule is [O-][n+]1onc(CN2CC[C@@H]3OCC[C@@H]3C2)c1-c1cc(F)c(F)c(F)c1. The zero-order chi connectivity index (χ0) is 17.6. The zero-order valence-corrected chi connectivity index (χ0v) is 13.3. The van der Waals surface area contributed by atoms with Crippen LogP contribution in [-0.4, -0.2) is 35.9 Å². The van der Waals surface area contributed by atoms with E-state index in [0.717, 1.165) is 44.7 Å². The fourth-order valence-corrected chi connectivity index (χ4v) is 3.65. The molecule has 0 radical (unpaired) electrons.